The maximum Gasteiger partial charge on any atom is 0.383 e. The van der Waals surface area contributed by atoms with E-state index in [1.807, 2.05) is 0 Å². The first-order chi connectivity index (χ1) is 22.2. The minimum atomic E-state index is -4.35. The van der Waals surface area contributed by atoms with Crippen molar-refractivity contribution < 1.29 is 46.9 Å². The molecule has 25 heteroatoms. The summed E-state index contributed by atoms with van der Waals surface area (Å²) in [7, 11) is 0. The summed E-state index contributed by atoms with van der Waals surface area (Å²) in [4.78, 5) is 55.2. The zero-order chi connectivity index (χ0) is 33.8. The summed E-state index contributed by atoms with van der Waals surface area (Å²) in [5.74, 6) is -0.920. The van der Waals surface area contributed by atoms with E-state index in [2.05, 4.69) is 48.7 Å². The molecular formula is C22H27FN10O10P2S2. The van der Waals surface area contributed by atoms with E-state index in [1.165, 1.54) is 27.9 Å². The number of nitrogens with zero attached hydrogens (tertiary/aromatic N) is 7. The number of rotatable bonds is 11. The van der Waals surface area contributed by atoms with Crippen LogP contribution in [0.15, 0.2) is 36.4 Å². The van der Waals surface area contributed by atoms with Crippen molar-refractivity contribution in [3.63, 3.8) is 0 Å². The first-order valence-electron chi connectivity index (χ1n) is 13.4. The lowest BCUT2D eigenvalue weighted by molar-refractivity contribution is -0.0495. The molecule has 2 aliphatic heterocycles. The van der Waals surface area contributed by atoms with Gasteiger partial charge in [-0.05, 0) is 11.8 Å². The molecule has 0 aliphatic carbocycles. The summed E-state index contributed by atoms with van der Waals surface area (Å²) in [5, 5.41) is 11.0. The Hall–Kier alpha value is -2.92. The molecule has 0 saturated carbocycles. The molecule has 47 heavy (non-hydrogen) atoms. The van der Waals surface area contributed by atoms with Crippen molar-refractivity contribution in [1.82, 2.24) is 39.0 Å². The zero-order valence-corrected chi connectivity index (χ0v) is 27.2. The average Bonchev–Trinajstić information content (AvgIpc) is 3.75. The normalized spacial score (nSPS) is 30.5. The third-order valence-electron chi connectivity index (χ3n) is 7.41. The summed E-state index contributed by atoms with van der Waals surface area (Å²) in [6, 6.07) is 0. The first kappa shape index (κ1) is 34.0. The number of hydrogen-bond donors (Lipinski definition) is 7. The second-order valence-electron chi connectivity index (χ2n) is 10.4. The Labute approximate surface area is 272 Å². The van der Waals surface area contributed by atoms with Crippen LogP contribution in [0.2, 0.25) is 0 Å². The van der Waals surface area contributed by atoms with Gasteiger partial charge in [0.05, 0.1) is 37.9 Å². The molecule has 10 atom stereocenters. The number of aromatic nitrogens is 8. The van der Waals surface area contributed by atoms with E-state index in [-0.39, 0.29) is 34.1 Å². The van der Waals surface area contributed by atoms with Crippen molar-refractivity contribution in [2.24, 2.45) is 5.92 Å². The van der Waals surface area contributed by atoms with Crippen LogP contribution in [0, 0.1) is 5.92 Å². The number of nitrogens with one attached hydrogen (secondary N) is 1. The molecule has 6 heterocycles. The molecule has 20 nitrogen and oxygen atoms in total. The third kappa shape index (κ3) is 6.71. The minimum Gasteiger partial charge on any atom is -0.390 e. The summed E-state index contributed by atoms with van der Waals surface area (Å²) in [5.41, 5.74) is 11.3. The van der Waals surface area contributed by atoms with Crippen LogP contribution in [-0.4, -0.2) is 97.7 Å². The van der Waals surface area contributed by atoms with Crippen LogP contribution in [0.4, 0.5) is 16.2 Å². The van der Waals surface area contributed by atoms with Gasteiger partial charge in [-0.2, -0.15) is 4.98 Å². The highest BCUT2D eigenvalue weighted by atomic mass is 32.7. The van der Waals surface area contributed by atoms with Crippen LogP contribution in [0.5, 0.6) is 0 Å². The Morgan fingerprint density at radius 1 is 1.09 bits per heavy atom. The Morgan fingerprint density at radius 2 is 1.74 bits per heavy atom. The molecule has 0 bridgehead atoms. The fourth-order valence-electron chi connectivity index (χ4n) is 5.30. The lowest BCUT2D eigenvalue weighted by Gasteiger charge is -2.26. The van der Waals surface area contributed by atoms with Gasteiger partial charge in [-0.3, -0.25) is 28.0 Å². The van der Waals surface area contributed by atoms with Gasteiger partial charge in [0, 0.05) is 0 Å². The van der Waals surface area contributed by atoms with Gasteiger partial charge in [0.25, 0.3) is 5.56 Å². The zero-order valence-electron chi connectivity index (χ0n) is 23.7. The van der Waals surface area contributed by atoms with E-state index in [4.69, 9.17) is 46.3 Å². The monoisotopic (exact) mass is 736 g/mol. The quantitative estimate of drug-likeness (QED) is 0.0610. The Kier molecular flexibility index (Phi) is 9.28. The predicted octanol–water partition coefficient (Wildman–Crippen LogP) is 0.0853. The van der Waals surface area contributed by atoms with Gasteiger partial charge in [0.2, 0.25) is 5.95 Å². The van der Waals surface area contributed by atoms with Gasteiger partial charge in [0.1, 0.15) is 36.4 Å². The number of aromatic amines is 1. The number of nitrogens with two attached hydrogens (primary N) is 2. The molecule has 0 radical (unpaired) electrons. The Morgan fingerprint density at radius 3 is 2.45 bits per heavy atom. The molecule has 0 spiro atoms. The van der Waals surface area contributed by atoms with Crippen molar-refractivity contribution in [2.75, 3.05) is 24.7 Å². The van der Waals surface area contributed by atoms with E-state index < -0.39 is 81.3 Å². The minimum absolute atomic E-state index is 0.0227. The molecule has 2 saturated heterocycles. The number of H-pyrrole nitrogens is 1. The maximum absolute atomic E-state index is 16.0. The van der Waals surface area contributed by atoms with Crippen molar-refractivity contribution in [3.05, 3.63) is 42.0 Å². The number of imidazole rings is 2. The van der Waals surface area contributed by atoms with Gasteiger partial charge in [0.15, 0.2) is 35.0 Å². The van der Waals surface area contributed by atoms with Crippen molar-refractivity contribution >= 4 is 71.7 Å². The lowest BCUT2D eigenvalue weighted by atomic mass is 10.00. The molecule has 254 valence electrons. The largest absolute Gasteiger partial charge is 0.390 e. The SMILES string of the molecule is C=C[C@@H]1[C@H](O)C(COP(O)(=S)O[C@H]2[C@@H](F)[C@H](n3cnc4c(N)ncnc43)O[C@@H]2COP(=O)(O)S)O[C@H]1n1cnc2c(=O)[nH]c(N)nc21. The smallest absolute Gasteiger partial charge is 0.383 e. The van der Waals surface area contributed by atoms with E-state index in [0.29, 0.717) is 0 Å². The van der Waals surface area contributed by atoms with Crippen molar-refractivity contribution in [2.45, 2.75) is 43.0 Å². The number of fused-ring (bicyclic) bond motifs is 2. The number of thiol groups is 1. The number of halogens is 1. The van der Waals surface area contributed by atoms with E-state index in [9.17, 15) is 24.3 Å². The topological polar surface area (TPSA) is 283 Å². The van der Waals surface area contributed by atoms with Crippen LogP contribution in [0.25, 0.3) is 22.3 Å². The lowest BCUT2D eigenvalue weighted by Crippen LogP contribution is -2.34. The molecule has 0 aromatic carbocycles. The van der Waals surface area contributed by atoms with E-state index in [0.717, 1.165) is 6.33 Å². The second kappa shape index (κ2) is 12.8. The van der Waals surface area contributed by atoms with Gasteiger partial charge >= 0.3 is 13.5 Å². The van der Waals surface area contributed by atoms with Crippen LogP contribution in [0.1, 0.15) is 12.5 Å². The highest BCUT2D eigenvalue weighted by Gasteiger charge is 2.51. The molecule has 0 amide bonds. The molecule has 8 N–H and O–H groups in total. The number of ether oxygens (including phenoxy) is 2. The molecule has 6 rings (SSSR count). The van der Waals surface area contributed by atoms with Gasteiger partial charge in [-0.1, -0.05) is 18.3 Å². The standard InChI is InChI=1S/C22H27FN10O10P2S2/c1-2-8-14(34)9(41-20(8)33-7-29-13-18(33)30-22(25)31-19(13)35)3-40-45(38,47)43-15-10(4-39-44(36,37)46)42-21(11(15)23)32-6-28-12-16(24)26-5-27-17(12)32/h2,5-11,14-15,20-21,34H,1,3-4H2,(H,38,47)(H2,24,26,27)(H2,36,37,46)(H3,25,30,31,35)/t8-,9?,10-,11-,14+,15-,20-,21-,45?/m1/s1. The molecule has 4 aromatic rings. The predicted molar refractivity (Wildman–Crippen MR) is 167 cm³/mol. The molecule has 4 aromatic heterocycles. The van der Waals surface area contributed by atoms with E-state index in [1.54, 1.807) is 0 Å². The number of alkyl halides is 1. The van der Waals surface area contributed by atoms with Gasteiger partial charge in [-0.15, -0.1) is 6.58 Å². The maximum atomic E-state index is 16.0. The molecule has 2 aliphatic rings. The number of aliphatic hydroxyl groups excluding tert-OH is 1. The fourth-order valence-corrected chi connectivity index (χ4v) is 7.28. The molecule has 3 unspecified atom stereocenters. The summed E-state index contributed by atoms with van der Waals surface area (Å²) in [6.07, 6.45) is -5.06. The highest BCUT2D eigenvalue weighted by Crippen LogP contribution is 2.52. The summed E-state index contributed by atoms with van der Waals surface area (Å²) >= 11 is 8.62. The number of nitrogen functional groups attached to an aromatic ring is 2. The van der Waals surface area contributed by atoms with Gasteiger partial charge in [-0.25, -0.2) is 28.9 Å². The highest BCUT2D eigenvalue weighted by molar-refractivity contribution is 8.44. The summed E-state index contributed by atoms with van der Waals surface area (Å²) in [6.45, 7) is -6.21. The number of hydrogen-bond acceptors (Lipinski definition) is 16. The van der Waals surface area contributed by atoms with Crippen molar-refractivity contribution in [3.8, 4) is 0 Å². The van der Waals surface area contributed by atoms with Gasteiger partial charge < -0.3 is 40.4 Å². The van der Waals surface area contributed by atoms with Crippen LogP contribution in [0.3, 0.4) is 0 Å². The molecular weight excluding hydrogens is 709 g/mol. The second-order valence-corrected chi connectivity index (χ2v) is 15.9. The molecule has 2 fully saturated rings. The fraction of sp³-hybridized carbons (Fsp3) is 0.455. The summed E-state index contributed by atoms with van der Waals surface area (Å²) < 4.78 is 57.9. The number of aliphatic hydroxyl groups is 1. The number of anilines is 2. The third-order valence-corrected chi connectivity index (χ3v) is 9.80. The average molecular weight is 737 g/mol. The Bertz CT molecular complexity index is 1980. The van der Waals surface area contributed by atoms with Crippen molar-refractivity contribution in [1.29, 1.82) is 0 Å². The first-order valence-corrected chi connectivity index (χ1v) is 18.8. The van der Waals surface area contributed by atoms with Crippen LogP contribution in [-0.2, 0) is 39.4 Å². The van der Waals surface area contributed by atoms with Crippen LogP contribution >= 0.6 is 25.8 Å². The van der Waals surface area contributed by atoms with E-state index >= 15 is 4.39 Å². The Balaban J connectivity index is 1.19. The van der Waals surface area contributed by atoms with Crippen LogP contribution < -0.4 is 17.0 Å².